The van der Waals surface area contributed by atoms with Crippen LogP contribution in [-0.2, 0) is 6.54 Å². The van der Waals surface area contributed by atoms with E-state index in [2.05, 4.69) is 11.9 Å². The lowest BCUT2D eigenvalue weighted by Gasteiger charge is -2.03. The Hall–Kier alpha value is -1.66. The third-order valence-corrected chi connectivity index (χ3v) is 1.94. The zero-order valence-corrected chi connectivity index (χ0v) is 8.46. The Labute approximate surface area is 89.0 Å². The Balaban J connectivity index is 2.57. The van der Waals surface area contributed by atoms with E-state index in [1.165, 1.54) is 12.1 Å². The standard InChI is InChI=1S/C12H13FN2/c1-2-3-4-15-9-11-5-10(8-14)6-12(13)7-11/h2,5-7,15H,1,3-4,9H2. The lowest BCUT2D eigenvalue weighted by atomic mass is 10.1. The maximum absolute atomic E-state index is 13.0. The van der Waals surface area contributed by atoms with E-state index in [0.717, 1.165) is 18.5 Å². The van der Waals surface area contributed by atoms with Gasteiger partial charge >= 0.3 is 0 Å². The van der Waals surface area contributed by atoms with Crippen molar-refractivity contribution in [3.63, 3.8) is 0 Å². The monoisotopic (exact) mass is 204 g/mol. The van der Waals surface area contributed by atoms with Gasteiger partial charge in [0.25, 0.3) is 0 Å². The number of nitriles is 1. The Kier molecular flexibility index (Phi) is 4.52. The van der Waals surface area contributed by atoms with Gasteiger partial charge in [-0.3, -0.25) is 0 Å². The van der Waals surface area contributed by atoms with Crippen LogP contribution in [0.1, 0.15) is 17.5 Å². The molecule has 0 amide bonds. The minimum Gasteiger partial charge on any atom is -0.312 e. The Morgan fingerprint density at radius 1 is 1.47 bits per heavy atom. The molecule has 0 radical (unpaired) electrons. The number of hydrogen-bond acceptors (Lipinski definition) is 2. The highest BCUT2D eigenvalue weighted by Gasteiger charge is 1.99. The molecule has 1 N–H and O–H groups in total. The minimum atomic E-state index is -0.366. The van der Waals surface area contributed by atoms with Gasteiger partial charge in [0, 0.05) is 6.54 Å². The van der Waals surface area contributed by atoms with E-state index in [4.69, 9.17) is 5.26 Å². The van der Waals surface area contributed by atoms with Crippen LogP contribution in [-0.4, -0.2) is 6.54 Å². The molecule has 0 aliphatic rings. The number of nitrogens with zero attached hydrogens (tertiary/aromatic N) is 1. The number of rotatable bonds is 5. The van der Waals surface area contributed by atoms with Gasteiger partial charge in [0.15, 0.2) is 0 Å². The van der Waals surface area contributed by atoms with Gasteiger partial charge < -0.3 is 5.32 Å². The summed E-state index contributed by atoms with van der Waals surface area (Å²) < 4.78 is 13.0. The van der Waals surface area contributed by atoms with Crippen molar-refractivity contribution >= 4 is 0 Å². The second kappa shape index (κ2) is 5.94. The average Bonchev–Trinajstić information content (AvgIpc) is 2.23. The van der Waals surface area contributed by atoms with Gasteiger partial charge in [-0.15, -0.1) is 6.58 Å². The molecule has 0 aliphatic carbocycles. The maximum atomic E-state index is 13.0. The van der Waals surface area contributed by atoms with Crippen LogP contribution in [0.2, 0.25) is 0 Å². The molecule has 1 aromatic carbocycles. The van der Waals surface area contributed by atoms with Crippen LogP contribution in [0, 0.1) is 17.1 Å². The summed E-state index contributed by atoms with van der Waals surface area (Å²) in [5, 5.41) is 11.8. The van der Waals surface area contributed by atoms with Gasteiger partial charge in [0.1, 0.15) is 5.82 Å². The second-order valence-corrected chi connectivity index (χ2v) is 3.21. The van der Waals surface area contributed by atoms with Crippen LogP contribution in [0.15, 0.2) is 30.9 Å². The molecule has 0 spiro atoms. The molecule has 0 saturated heterocycles. The molecule has 0 unspecified atom stereocenters. The van der Waals surface area contributed by atoms with Gasteiger partial charge in [-0.2, -0.15) is 5.26 Å². The first kappa shape index (κ1) is 11.4. The van der Waals surface area contributed by atoms with Gasteiger partial charge in [-0.1, -0.05) is 6.08 Å². The summed E-state index contributed by atoms with van der Waals surface area (Å²) in [4.78, 5) is 0. The van der Waals surface area contributed by atoms with Crippen LogP contribution in [0.3, 0.4) is 0 Å². The van der Waals surface area contributed by atoms with Crippen LogP contribution in [0.25, 0.3) is 0 Å². The fourth-order valence-corrected chi connectivity index (χ4v) is 1.25. The van der Waals surface area contributed by atoms with Crippen molar-refractivity contribution in [3.8, 4) is 6.07 Å². The van der Waals surface area contributed by atoms with Crippen molar-refractivity contribution in [3.05, 3.63) is 47.8 Å². The Bertz CT molecular complexity index is 380. The molecular formula is C12H13FN2. The molecule has 3 heteroatoms. The second-order valence-electron chi connectivity index (χ2n) is 3.21. The molecule has 0 atom stereocenters. The number of nitrogens with one attached hydrogen (secondary N) is 1. The molecule has 0 aliphatic heterocycles. The Morgan fingerprint density at radius 3 is 2.93 bits per heavy atom. The molecule has 15 heavy (non-hydrogen) atoms. The summed E-state index contributed by atoms with van der Waals surface area (Å²) in [6, 6.07) is 6.27. The summed E-state index contributed by atoms with van der Waals surface area (Å²) >= 11 is 0. The summed E-state index contributed by atoms with van der Waals surface area (Å²) in [5.74, 6) is -0.366. The topological polar surface area (TPSA) is 35.8 Å². The largest absolute Gasteiger partial charge is 0.312 e. The lowest BCUT2D eigenvalue weighted by molar-refractivity contribution is 0.620. The first-order chi connectivity index (χ1) is 7.26. The van der Waals surface area contributed by atoms with Crippen molar-refractivity contribution in [2.75, 3.05) is 6.54 Å². The molecule has 0 fully saturated rings. The number of hydrogen-bond donors (Lipinski definition) is 1. The predicted octanol–water partition coefficient (Wildman–Crippen LogP) is 2.36. The van der Waals surface area contributed by atoms with Crippen molar-refractivity contribution < 1.29 is 4.39 Å². The van der Waals surface area contributed by atoms with Crippen molar-refractivity contribution in [2.45, 2.75) is 13.0 Å². The highest BCUT2D eigenvalue weighted by molar-refractivity contribution is 5.33. The summed E-state index contributed by atoms with van der Waals surface area (Å²) in [7, 11) is 0. The van der Waals surface area contributed by atoms with E-state index < -0.39 is 0 Å². The predicted molar refractivity (Wildman–Crippen MR) is 57.6 cm³/mol. The van der Waals surface area contributed by atoms with Crippen molar-refractivity contribution in [1.82, 2.24) is 5.32 Å². The van der Waals surface area contributed by atoms with Crippen molar-refractivity contribution in [1.29, 1.82) is 5.26 Å². The molecular weight excluding hydrogens is 191 g/mol. The lowest BCUT2D eigenvalue weighted by Crippen LogP contribution is -2.14. The van der Waals surface area contributed by atoms with Crippen LogP contribution < -0.4 is 5.32 Å². The van der Waals surface area contributed by atoms with E-state index in [-0.39, 0.29) is 5.82 Å². The normalized spacial score (nSPS) is 9.60. The third kappa shape index (κ3) is 3.92. The summed E-state index contributed by atoms with van der Waals surface area (Å²) in [5.41, 5.74) is 1.14. The third-order valence-electron chi connectivity index (χ3n) is 1.94. The first-order valence-corrected chi connectivity index (χ1v) is 4.77. The molecule has 0 aromatic heterocycles. The van der Waals surface area contributed by atoms with Crippen molar-refractivity contribution in [2.24, 2.45) is 0 Å². The fraction of sp³-hybridized carbons (Fsp3) is 0.250. The molecule has 1 aromatic rings. The van der Waals surface area contributed by atoms with Gasteiger partial charge in [0.2, 0.25) is 0 Å². The van der Waals surface area contributed by atoms with E-state index in [0.29, 0.717) is 12.1 Å². The number of benzene rings is 1. The van der Waals surface area contributed by atoms with Gasteiger partial charge in [-0.05, 0) is 36.7 Å². The van der Waals surface area contributed by atoms with Crippen LogP contribution in [0.4, 0.5) is 4.39 Å². The minimum absolute atomic E-state index is 0.357. The zero-order valence-electron chi connectivity index (χ0n) is 8.46. The summed E-state index contributed by atoms with van der Waals surface area (Å²) in [6.07, 6.45) is 2.69. The quantitative estimate of drug-likeness (QED) is 0.590. The summed E-state index contributed by atoms with van der Waals surface area (Å²) in [6.45, 7) is 4.98. The Morgan fingerprint density at radius 2 is 2.27 bits per heavy atom. The maximum Gasteiger partial charge on any atom is 0.124 e. The van der Waals surface area contributed by atoms with E-state index in [1.54, 1.807) is 6.07 Å². The van der Waals surface area contributed by atoms with Crippen LogP contribution >= 0.6 is 0 Å². The fourth-order valence-electron chi connectivity index (χ4n) is 1.25. The SMILES string of the molecule is C=CCCNCc1cc(F)cc(C#N)c1. The number of halogens is 1. The highest BCUT2D eigenvalue weighted by atomic mass is 19.1. The smallest absolute Gasteiger partial charge is 0.124 e. The molecule has 2 nitrogen and oxygen atoms in total. The van der Waals surface area contributed by atoms with Gasteiger partial charge in [-0.25, -0.2) is 4.39 Å². The van der Waals surface area contributed by atoms with Crippen LogP contribution in [0.5, 0.6) is 0 Å². The average molecular weight is 204 g/mol. The van der Waals surface area contributed by atoms with Gasteiger partial charge in [0.05, 0.1) is 11.6 Å². The molecule has 0 bridgehead atoms. The highest BCUT2D eigenvalue weighted by Crippen LogP contribution is 2.08. The molecule has 0 saturated carbocycles. The zero-order chi connectivity index (χ0) is 11.1. The van der Waals surface area contributed by atoms with E-state index in [9.17, 15) is 4.39 Å². The molecule has 1 rings (SSSR count). The van der Waals surface area contributed by atoms with E-state index >= 15 is 0 Å². The van der Waals surface area contributed by atoms with E-state index in [1.807, 2.05) is 12.1 Å². The first-order valence-electron chi connectivity index (χ1n) is 4.77. The molecule has 0 heterocycles. The molecule has 78 valence electrons.